The lowest BCUT2D eigenvalue weighted by molar-refractivity contribution is -0.171. The van der Waals surface area contributed by atoms with E-state index < -0.39 is 24.1 Å². The first-order chi connectivity index (χ1) is 14.0. The van der Waals surface area contributed by atoms with E-state index in [2.05, 4.69) is 5.32 Å². The van der Waals surface area contributed by atoms with E-state index in [1.54, 1.807) is 31.2 Å². The number of nitrogens with one attached hydrogen (secondary N) is 1. The lowest BCUT2D eigenvalue weighted by atomic mass is 9.86. The summed E-state index contributed by atoms with van der Waals surface area (Å²) in [4.78, 5) is 38.2. The molecule has 0 saturated carbocycles. The van der Waals surface area contributed by atoms with Gasteiger partial charge in [-0.2, -0.15) is 0 Å². The van der Waals surface area contributed by atoms with Gasteiger partial charge in [0.1, 0.15) is 0 Å². The van der Waals surface area contributed by atoms with E-state index in [-0.39, 0.29) is 19.1 Å². The summed E-state index contributed by atoms with van der Waals surface area (Å²) in [5.41, 5.74) is -0.301. The molecular formula is C22H26N2O5. The van der Waals surface area contributed by atoms with Gasteiger partial charge in [-0.3, -0.25) is 9.59 Å². The van der Waals surface area contributed by atoms with Crippen LogP contribution in [0.15, 0.2) is 60.7 Å². The molecule has 2 rings (SSSR count). The van der Waals surface area contributed by atoms with Gasteiger partial charge in [0.05, 0.1) is 6.54 Å². The van der Waals surface area contributed by atoms with Gasteiger partial charge in [-0.25, -0.2) is 4.79 Å². The molecule has 0 heterocycles. The summed E-state index contributed by atoms with van der Waals surface area (Å²) in [7, 11) is 2.95. The van der Waals surface area contributed by atoms with Crippen molar-refractivity contribution >= 4 is 17.8 Å². The van der Waals surface area contributed by atoms with Crippen LogP contribution in [-0.2, 0) is 29.5 Å². The van der Waals surface area contributed by atoms with Gasteiger partial charge in [-0.05, 0) is 18.1 Å². The van der Waals surface area contributed by atoms with E-state index in [9.17, 15) is 14.4 Å². The molecule has 0 atom stereocenters. The molecule has 7 nitrogen and oxygen atoms in total. The van der Waals surface area contributed by atoms with Crippen molar-refractivity contribution in [1.29, 1.82) is 0 Å². The van der Waals surface area contributed by atoms with Gasteiger partial charge in [0, 0.05) is 20.7 Å². The largest absolute Gasteiger partial charge is 0.453 e. The number of carbonyl (C=O) groups is 3. The lowest BCUT2D eigenvalue weighted by Gasteiger charge is -2.32. The van der Waals surface area contributed by atoms with Crippen LogP contribution >= 0.6 is 0 Å². The minimum absolute atomic E-state index is 0.124. The maximum Gasteiger partial charge on any atom is 0.348 e. The third kappa shape index (κ3) is 5.20. The molecule has 0 radical (unpaired) electrons. The van der Waals surface area contributed by atoms with Crippen molar-refractivity contribution in [2.75, 3.05) is 33.9 Å². The zero-order valence-electron chi connectivity index (χ0n) is 16.9. The van der Waals surface area contributed by atoms with Crippen molar-refractivity contribution in [3.8, 4) is 0 Å². The van der Waals surface area contributed by atoms with E-state index in [1.807, 2.05) is 36.4 Å². The molecule has 154 valence electrons. The molecule has 0 saturated heterocycles. The van der Waals surface area contributed by atoms with Crippen molar-refractivity contribution in [2.45, 2.75) is 12.5 Å². The van der Waals surface area contributed by atoms with Gasteiger partial charge in [0.2, 0.25) is 11.5 Å². The van der Waals surface area contributed by atoms with Crippen LogP contribution in [0.2, 0.25) is 0 Å². The molecular weight excluding hydrogens is 372 g/mol. The summed E-state index contributed by atoms with van der Waals surface area (Å²) in [5.74, 6) is -1.50. The topological polar surface area (TPSA) is 84.9 Å². The summed E-state index contributed by atoms with van der Waals surface area (Å²) in [6.45, 7) is 1.42. The zero-order chi connectivity index (χ0) is 21.3. The Morgan fingerprint density at radius 2 is 1.48 bits per heavy atom. The molecule has 0 aromatic heterocycles. The Bertz CT molecular complexity index is 784. The third-order valence-corrected chi connectivity index (χ3v) is 4.42. The standard InChI is InChI=1S/C22H26N2O5/c1-4-29-22(17-11-7-5-8-12-17,18-13-9-6-10-14-18)21(27)28-16-20(26)24(3)15-19(25)23-2/h5-14H,4,15-16H2,1-3H3,(H,23,25). The van der Waals surface area contributed by atoms with Crippen LogP contribution in [0.5, 0.6) is 0 Å². The highest BCUT2D eigenvalue weighted by Gasteiger charge is 2.45. The highest BCUT2D eigenvalue weighted by Crippen LogP contribution is 2.35. The normalized spacial score (nSPS) is 10.9. The monoisotopic (exact) mass is 398 g/mol. The summed E-state index contributed by atoms with van der Waals surface area (Å²) in [5, 5.41) is 2.44. The fourth-order valence-electron chi connectivity index (χ4n) is 2.91. The van der Waals surface area contributed by atoms with Gasteiger partial charge in [0.25, 0.3) is 5.91 Å². The Morgan fingerprint density at radius 1 is 0.966 bits per heavy atom. The first-order valence-electron chi connectivity index (χ1n) is 9.32. The molecule has 1 N–H and O–H groups in total. The molecule has 0 unspecified atom stereocenters. The van der Waals surface area contributed by atoms with E-state index in [0.717, 1.165) is 0 Å². The van der Waals surface area contributed by atoms with Crippen LogP contribution in [0.3, 0.4) is 0 Å². The van der Waals surface area contributed by atoms with Crippen molar-refractivity contribution in [3.63, 3.8) is 0 Å². The van der Waals surface area contributed by atoms with Crippen LogP contribution in [0, 0.1) is 0 Å². The number of carbonyl (C=O) groups excluding carboxylic acids is 3. The minimum Gasteiger partial charge on any atom is -0.453 e. The van der Waals surface area contributed by atoms with Crippen LogP contribution in [0.1, 0.15) is 18.1 Å². The molecule has 0 bridgehead atoms. The zero-order valence-corrected chi connectivity index (χ0v) is 16.9. The Morgan fingerprint density at radius 3 is 1.93 bits per heavy atom. The first-order valence-corrected chi connectivity index (χ1v) is 9.32. The number of hydrogen-bond donors (Lipinski definition) is 1. The molecule has 0 spiro atoms. The Balaban J connectivity index is 2.30. The highest BCUT2D eigenvalue weighted by atomic mass is 16.6. The molecule has 2 aromatic carbocycles. The third-order valence-electron chi connectivity index (χ3n) is 4.42. The summed E-state index contributed by atoms with van der Waals surface area (Å²) in [6.07, 6.45) is 0. The minimum atomic E-state index is -1.50. The molecule has 0 fully saturated rings. The van der Waals surface area contributed by atoms with E-state index >= 15 is 0 Å². The van der Waals surface area contributed by atoms with Crippen molar-refractivity contribution < 1.29 is 23.9 Å². The number of rotatable bonds is 9. The molecule has 7 heteroatoms. The second kappa shape index (κ2) is 10.4. The van der Waals surface area contributed by atoms with E-state index in [0.29, 0.717) is 11.1 Å². The molecule has 2 aromatic rings. The van der Waals surface area contributed by atoms with Crippen molar-refractivity contribution in [3.05, 3.63) is 71.8 Å². The second-order valence-corrected chi connectivity index (χ2v) is 6.35. The van der Waals surface area contributed by atoms with Crippen molar-refractivity contribution in [2.24, 2.45) is 0 Å². The van der Waals surface area contributed by atoms with Crippen molar-refractivity contribution in [1.82, 2.24) is 10.2 Å². The van der Waals surface area contributed by atoms with Gasteiger partial charge in [-0.1, -0.05) is 60.7 Å². The second-order valence-electron chi connectivity index (χ2n) is 6.35. The lowest BCUT2D eigenvalue weighted by Crippen LogP contribution is -2.44. The van der Waals surface area contributed by atoms with Crippen LogP contribution in [0.4, 0.5) is 0 Å². The first kappa shape index (κ1) is 22.1. The van der Waals surface area contributed by atoms with Crippen LogP contribution in [0.25, 0.3) is 0 Å². The predicted molar refractivity (Wildman–Crippen MR) is 108 cm³/mol. The smallest absolute Gasteiger partial charge is 0.348 e. The molecule has 29 heavy (non-hydrogen) atoms. The number of likely N-dealkylation sites (N-methyl/N-ethyl adjacent to an activating group) is 2. The maximum absolute atomic E-state index is 13.3. The molecule has 0 aliphatic carbocycles. The fourth-order valence-corrected chi connectivity index (χ4v) is 2.91. The molecule has 0 aliphatic heterocycles. The average Bonchev–Trinajstić information content (AvgIpc) is 2.76. The molecule has 0 aliphatic rings. The summed E-state index contributed by atoms with van der Waals surface area (Å²) < 4.78 is 11.4. The SMILES string of the molecule is CCOC(C(=O)OCC(=O)N(C)CC(=O)NC)(c1ccccc1)c1ccccc1. The highest BCUT2D eigenvalue weighted by molar-refractivity contribution is 5.89. The predicted octanol–water partition coefficient (Wildman–Crippen LogP) is 1.71. The number of benzene rings is 2. The quantitative estimate of drug-likeness (QED) is 0.650. The van der Waals surface area contributed by atoms with Crippen LogP contribution < -0.4 is 5.32 Å². The Hall–Kier alpha value is -3.19. The summed E-state index contributed by atoms with van der Waals surface area (Å²) >= 11 is 0. The van der Waals surface area contributed by atoms with Crippen LogP contribution in [-0.4, -0.2) is 56.5 Å². The van der Waals surface area contributed by atoms with E-state index in [4.69, 9.17) is 9.47 Å². The summed E-state index contributed by atoms with van der Waals surface area (Å²) in [6, 6.07) is 18.0. The number of esters is 1. The van der Waals surface area contributed by atoms with Gasteiger partial charge >= 0.3 is 5.97 Å². The number of hydrogen-bond acceptors (Lipinski definition) is 5. The van der Waals surface area contributed by atoms with Gasteiger partial charge in [0.15, 0.2) is 6.61 Å². The Kier molecular flexibility index (Phi) is 7.91. The Labute approximate surface area is 170 Å². The number of amides is 2. The maximum atomic E-state index is 13.3. The number of nitrogens with zero attached hydrogens (tertiary/aromatic N) is 1. The number of ether oxygens (including phenoxy) is 2. The fraction of sp³-hybridized carbons (Fsp3) is 0.318. The van der Waals surface area contributed by atoms with Gasteiger partial charge in [-0.15, -0.1) is 0 Å². The van der Waals surface area contributed by atoms with E-state index in [1.165, 1.54) is 19.0 Å². The molecule has 2 amide bonds. The van der Waals surface area contributed by atoms with Gasteiger partial charge < -0.3 is 19.7 Å². The average molecular weight is 398 g/mol.